The van der Waals surface area contributed by atoms with Crippen molar-refractivity contribution < 1.29 is 24.0 Å². The zero-order valence-electron chi connectivity index (χ0n) is 16.5. The molecule has 1 atom stereocenters. The molecule has 0 aromatic heterocycles. The van der Waals surface area contributed by atoms with Gasteiger partial charge in [-0.3, -0.25) is 29.9 Å². The van der Waals surface area contributed by atoms with Crippen LogP contribution in [0.15, 0.2) is 48.5 Å². The molecule has 0 radical (unpaired) electrons. The minimum absolute atomic E-state index is 0.127. The standard InChI is InChI=1S/C21H19N5O5/c1-21(19(30)23-20(31)24-21)13-3-2-4-14(11-13)22-18(29)12-5-7-15(8-6-12)26-17(28)10-9-16(27)25-26/h2-8,11H,9-10H2,1H3,(H,22,29)(H,25,27)(H2,23,24,30,31). The van der Waals surface area contributed by atoms with Crippen molar-refractivity contribution in [3.8, 4) is 0 Å². The van der Waals surface area contributed by atoms with Crippen molar-refractivity contribution in [1.29, 1.82) is 0 Å². The van der Waals surface area contributed by atoms with Gasteiger partial charge >= 0.3 is 6.03 Å². The molecule has 0 bridgehead atoms. The van der Waals surface area contributed by atoms with Gasteiger partial charge in [0, 0.05) is 24.1 Å². The van der Waals surface area contributed by atoms with Gasteiger partial charge in [0.1, 0.15) is 5.54 Å². The van der Waals surface area contributed by atoms with Crippen molar-refractivity contribution in [2.45, 2.75) is 25.3 Å². The van der Waals surface area contributed by atoms with E-state index in [2.05, 4.69) is 21.4 Å². The fourth-order valence-corrected chi connectivity index (χ4v) is 3.40. The molecule has 2 aromatic carbocycles. The highest BCUT2D eigenvalue weighted by atomic mass is 16.2. The molecule has 31 heavy (non-hydrogen) atoms. The lowest BCUT2D eigenvalue weighted by molar-refractivity contribution is -0.130. The first-order valence-corrected chi connectivity index (χ1v) is 9.54. The summed E-state index contributed by atoms with van der Waals surface area (Å²) in [6.07, 6.45) is 0.279. The van der Waals surface area contributed by atoms with Crippen LogP contribution in [-0.4, -0.2) is 29.7 Å². The molecule has 4 rings (SSSR count). The van der Waals surface area contributed by atoms with E-state index in [4.69, 9.17) is 0 Å². The number of nitrogens with zero attached hydrogens (tertiary/aromatic N) is 1. The number of carbonyl (C=O) groups is 5. The van der Waals surface area contributed by atoms with Crippen LogP contribution in [0.3, 0.4) is 0 Å². The SMILES string of the molecule is CC1(c2cccc(NC(=O)c3ccc(N4NC(=O)CCC4=O)cc3)c2)NC(=O)NC1=O. The Morgan fingerprint density at radius 1 is 1.03 bits per heavy atom. The molecule has 2 fully saturated rings. The Balaban J connectivity index is 1.49. The third-order valence-electron chi connectivity index (χ3n) is 5.18. The molecular formula is C21H19N5O5. The Hall–Kier alpha value is -4.21. The maximum absolute atomic E-state index is 12.6. The fraction of sp³-hybridized carbons (Fsp3) is 0.190. The Morgan fingerprint density at radius 2 is 1.77 bits per heavy atom. The quantitative estimate of drug-likeness (QED) is 0.549. The van der Waals surface area contributed by atoms with Gasteiger partial charge < -0.3 is 10.6 Å². The van der Waals surface area contributed by atoms with E-state index in [0.717, 1.165) is 0 Å². The minimum atomic E-state index is -1.23. The summed E-state index contributed by atoms with van der Waals surface area (Å²) in [6.45, 7) is 1.58. The van der Waals surface area contributed by atoms with Crippen molar-refractivity contribution in [2.24, 2.45) is 0 Å². The molecule has 2 aromatic rings. The fourth-order valence-electron chi connectivity index (χ4n) is 3.40. The number of imide groups is 1. The zero-order valence-corrected chi connectivity index (χ0v) is 16.5. The summed E-state index contributed by atoms with van der Waals surface area (Å²) >= 11 is 0. The molecule has 158 valence electrons. The van der Waals surface area contributed by atoms with Gasteiger partial charge in [0.05, 0.1) is 5.69 Å². The van der Waals surface area contributed by atoms with Crippen molar-refractivity contribution in [1.82, 2.24) is 16.1 Å². The van der Waals surface area contributed by atoms with E-state index in [1.54, 1.807) is 43.3 Å². The monoisotopic (exact) mass is 421 g/mol. The van der Waals surface area contributed by atoms with Crippen molar-refractivity contribution >= 4 is 41.0 Å². The van der Waals surface area contributed by atoms with Crippen LogP contribution in [-0.2, 0) is 19.9 Å². The number of amides is 6. The highest BCUT2D eigenvalue weighted by molar-refractivity contribution is 6.08. The molecule has 0 spiro atoms. The largest absolute Gasteiger partial charge is 0.322 e. The van der Waals surface area contributed by atoms with Gasteiger partial charge in [-0.1, -0.05) is 12.1 Å². The molecule has 1 unspecified atom stereocenters. The van der Waals surface area contributed by atoms with Crippen LogP contribution in [0.4, 0.5) is 16.2 Å². The summed E-state index contributed by atoms with van der Waals surface area (Å²) in [5.74, 6) is -1.36. The van der Waals surface area contributed by atoms with E-state index < -0.39 is 23.4 Å². The number of benzene rings is 2. The Bertz CT molecular complexity index is 1110. The second-order valence-electron chi connectivity index (χ2n) is 7.38. The molecule has 2 saturated heterocycles. The lowest BCUT2D eigenvalue weighted by Gasteiger charge is -2.27. The maximum Gasteiger partial charge on any atom is 0.322 e. The minimum Gasteiger partial charge on any atom is -0.322 e. The molecule has 0 saturated carbocycles. The summed E-state index contributed by atoms with van der Waals surface area (Å²) in [5.41, 5.74) is 3.01. The lowest BCUT2D eigenvalue weighted by atomic mass is 9.92. The van der Waals surface area contributed by atoms with E-state index in [1.807, 2.05) is 0 Å². The van der Waals surface area contributed by atoms with Crippen molar-refractivity contribution in [2.75, 3.05) is 10.3 Å². The molecule has 10 nitrogen and oxygen atoms in total. The van der Waals surface area contributed by atoms with Crippen LogP contribution in [0.1, 0.15) is 35.7 Å². The van der Waals surface area contributed by atoms with Gasteiger partial charge in [-0.05, 0) is 48.9 Å². The number of carbonyl (C=O) groups excluding carboxylic acids is 5. The first-order chi connectivity index (χ1) is 14.8. The summed E-state index contributed by atoms with van der Waals surface area (Å²) in [4.78, 5) is 59.8. The molecule has 2 aliphatic heterocycles. The van der Waals surface area contributed by atoms with Gasteiger partial charge in [0.15, 0.2) is 0 Å². The molecule has 2 heterocycles. The number of hydrogen-bond acceptors (Lipinski definition) is 5. The van der Waals surface area contributed by atoms with Crippen LogP contribution >= 0.6 is 0 Å². The molecule has 2 aliphatic rings. The zero-order chi connectivity index (χ0) is 22.2. The molecule has 0 aliphatic carbocycles. The number of anilines is 2. The van der Waals surface area contributed by atoms with E-state index in [9.17, 15) is 24.0 Å². The number of rotatable bonds is 4. The second kappa shape index (κ2) is 7.56. The maximum atomic E-state index is 12.6. The van der Waals surface area contributed by atoms with E-state index >= 15 is 0 Å². The summed E-state index contributed by atoms with van der Waals surface area (Å²) < 4.78 is 0. The summed E-state index contributed by atoms with van der Waals surface area (Å²) in [5, 5.41) is 8.69. The molecule has 10 heteroatoms. The number of hydrogen-bond donors (Lipinski definition) is 4. The third-order valence-corrected chi connectivity index (χ3v) is 5.18. The van der Waals surface area contributed by atoms with Crippen LogP contribution in [0.2, 0.25) is 0 Å². The Labute approximate surface area is 176 Å². The van der Waals surface area contributed by atoms with Gasteiger partial charge in [0.25, 0.3) is 11.8 Å². The topological polar surface area (TPSA) is 137 Å². The number of nitrogens with one attached hydrogen (secondary N) is 4. The highest BCUT2D eigenvalue weighted by Gasteiger charge is 2.43. The average Bonchev–Trinajstić information content (AvgIpc) is 3.02. The molecular weight excluding hydrogens is 402 g/mol. The van der Waals surface area contributed by atoms with Gasteiger partial charge in [-0.2, -0.15) is 0 Å². The first-order valence-electron chi connectivity index (χ1n) is 9.54. The Kier molecular flexibility index (Phi) is 4.90. The van der Waals surface area contributed by atoms with E-state index in [-0.39, 0.29) is 24.7 Å². The van der Waals surface area contributed by atoms with Crippen molar-refractivity contribution in [3.05, 3.63) is 59.7 Å². The molecule has 6 amide bonds. The lowest BCUT2D eigenvalue weighted by Crippen LogP contribution is -2.50. The van der Waals surface area contributed by atoms with Crippen molar-refractivity contribution in [3.63, 3.8) is 0 Å². The van der Waals surface area contributed by atoms with Crippen LogP contribution in [0.5, 0.6) is 0 Å². The third kappa shape index (κ3) is 3.82. The normalized spacial score (nSPS) is 20.7. The van der Waals surface area contributed by atoms with E-state index in [0.29, 0.717) is 22.5 Å². The number of hydrazine groups is 1. The van der Waals surface area contributed by atoms with Gasteiger partial charge in [-0.25, -0.2) is 9.80 Å². The predicted octanol–water partition coefficient (Wildman–Crippen LogP) is 1.15. The van der Waals surface area contributed by atoms with Crippen LogP contribution < -0.4 is 26.4 Å². The summed E-state index contributed by atoms with van der Waals surface area (Å²) in [7, 11) is 0. The van der Waals surface area contributed by atoms with Gasteiger partial charge in [-0.15, -0.1) is 0 Å². The first kappa shape index (κ1) is 20.1. The van der Waals surface area contributed by atoms with Crippen LogP contribution in [0, 0.1) is 0 Å². The highest BCUT2D eigenvalue weighted by Crippen LogP contribution is 2.27. The number of urea groups is 1. The average molecular weight is 421 g/mol. The predicted molar refractivity (Wildman–Crippen MR) is 110 cm³/mol. The Morgan fingerprint density at radius 3 is 2.45 bits per heavy atom. The molecule has 4 N–H and O–H groups in total. The van der Waals surface area contributed by atoms with Gasteiger partial charge in [0.2, 0.25) is 11.8 Å². The summed E-state index contributed by atoms with van der Waals surface area (Å²) in [6, 6.07) is 12.2. The van der Waals surface area contributed by atoms with E-state index in [1.165, 1.54) is 17.1 Å². The van der Waals surface area contributed by atoms with Crippen LogP contribution in [0.25, 0.3) is 0 Å². The second-order valence-corrected chi connectivity index (χ2v) is 7.38. The smallest absolute Gasteiger partial charge is 0.322 e.